The van der Waals surface area contributed by atoms with Gasteiger partial charge in [0.05, 0.1) is 17.3 Å². The summed E-state index contributed by atoms with van der Waals surface area (Å²) in [5.41, 5.74) is 1.44. The minimum absolute atomic E-state index is 0.364. The molecule has 0 N–H and O–H groups in total. The first-order valence-corrected chi connectivity index (χ1v) is 6.63. The molecule has 0 bridgehead atoms. The first-order valence-electron chi connectivity index (χ1n) is 5.08. The van der Waals surface area contributed by atoms with Crippen molar-refractivity contribution in [3.05, 3.63) is 44.6 Å². The lowest BCUT2D eigenvalue weighted by Gasteiger charge is -2.06. The van der Waals surface area contributed by atoms with Crippen LogP contribution in [0.4, 0.5) is 0 Å². The maximum Gasteiger partial charge on any atom is 0.162 e. The van der Waals surface area contributed by atoms with Crippen molar-refractivity contribution >= 4 is 39.1 Å². The fourth-order valence-corrected chi connectivity index (χ4v) is 2.24. The number of rotatable bonds is 3. The van der Waals surface area contributed by atoms with Crippen molar-refractivity contribution in [3.63, 3.8) is 0 Å². The molecule has 0 saturated carbocycles. The summed E-state index contributed by atoms with van der Waals surface area (Å²) in [6.45, 7) is 0.376. The van der Waals surface area contributed by atoms with Gasteiger partial charge >= 0.3 is 0 Å². The molecule has 0 saturated heterocycles. The van der Waals surface area contributed by atoms with E-state index in [0.717, 1.165) is 10.0 Å². The summed E-state index contributed by atoms with van der Waals surface area (Å²) in [6.07, 6.45) is 0. The van der Waals surface area contributed by atoms with Gasteiger partial charge in [-0.3, -0.25) is 0 Å². The van der Waals surface area contributed by atoms with Crippen LogP contribution >= 0.6 is 39.1 Å². The van der Waals surface area contributed by atoms with Crippen LogP contribution in [0.15, 0.2) is 28.7 Å². The third kappa shape index (κ3) is 3.20. The minimum atomic E-state index is 0.364. The molecular formula is C12H9BrCl2N2O. The largest absolute Gasteiger partial charge is 0.378 e. The Balaban J connectivity index is 2.52. The van der Waals surface area contributed by atoms with Crippen LogP contribution in [0.1, 0.15) is 5.69 Å². The SMILES string of the molecule is COCc1cc(Cl)nc(-c2cc(Br)ccc2Cl)n1. The summed E-state index contributed by atoms with van der Waals surface area (Å²) in [4.78, 5) is 8.55. The molecule has 6 heteroatoms. The Labute approximate surface area is 123 Å². The lowest BCUT2D eigenvalue weighted by molar-refractivity contribution is 0.181. The van der Waals surface area contributed by atoms with Crippen molar-refractivity contribution < 1.29 is 4.74 Å². The summed E-state index contributed by atoms with van der Waals surface area (Å²) >= 11 is 15.5. The van der Waals surface area contributed by atoms with Gasteiger partial charge in [-0.05, 0) is 24.3 Å². The van der Waals surface area contributed by atoms with Crippen LogP contribution in [0, 0.1) is 0 Å². The molecule has 1 aromatic carbocycles. The molecule has 18 heavy (non-hydrogen) atoms. The van der Waals surface area contributed by atoms with Crippen molar-refractivity contribution in [2.24, 2.45) is 0 Å². The summed E-state index contributed by atoms with van der Waals surface area (Å²) in [5, 5.41) is 0.937. The van der Waals surface area contributed by atoms with Crippen molar-refractivity contribution in [2.75, 3.05) is 7.11 Å². The lowest BCUT2D eigenvalue weighted by atomic mass is 10.2. The Hall–Kier alpha value is -0.680. The molecule has 1 heterocycles. The number of halogens is 3. The molecule has 0 atom stereocenters. The molecule has 0 spiro atoms. The second-order valence-corrected chi connectivity index (χ2v) is 5.27. The summed E-state index contributed by atoms with van der Waals surface area (Å²) in [6, 6.07) is 7.15. The van der Waals surface area contributed by atoms with Gasteiger partial charge < -0.3 is 4.74 Å². The standard InChI is InChI=1S/C12H9BrCl2N2O/c1-18-6-8-5-11(15)17-12(16-8)9-4-7(13)2-3-10(9)14/h2-5H,6H2,1H3. The first-order chi connectivity index (χ1) is 8.60. The normalized spacial score (nSPS) is 10.7. The van der Waals surface area contributed by atoms with Gasteiger partial charge in [-0.15, -0.1) is 0 Å². The first kappa shape index (κ1) is 13.7. The molecule has 0 aliphatic heterocycles. The molecule has 0 aliphatic carbocycles. The van der Waals surface area contributed by atoms with E-state index in [1.54, 1.807) is 19.2 Å². The summed E-state index contributed by atoms with van der Waals surface area (Å²) in [7, 11) is 1.60. The van der Waals surface area contributed by atoms with Crippen LogP contribution in [0.25, 0.3) is 11.4 Å². The van der Waals surface area contributed by atoms with Gasteiger partial charge in [0.2, 0.25) is 0 Å². The van der Waals surface area contributed by atoms with Crippen molar-refractivity contribution in [1.29, 1.82) is 0 Å². The third-order valence-electron chi connectivity index (χ3n) is 2.21. The fourth-order valence-electron chi connectivity index (χ4n) is 1.48. The molecule has 1 aromatic heterocycles. The highest BCUT2D eigenvalue weighted by Crippen LogP contribution is 2.29. The van der Waals surface area contributed by atoms with E-state index in [-0.39, 0.29) is 0 Å². The van der Waals surface area contributed by atoms with E-state index in [1.807, 2.05) is 12.1 Å². The van der Waals surface area contributed by atoms with E-state index in [1.165, 1.54) is 0 Å². The third-order valence-corrected chi connectivity index (χ3v) is 3.23. The Morgan fingerprint density at radius 2 is 2.00 bits per heavy atom. The van der Waals surface area contributed by atoms with Gasteiger partial charge in [-0.25, -0.2) is 9.97 Å². The molecule has 0 unspecified atom stereocenters. The van der Waals surface area contributed by atoms with Crippen LogP contribution in [0.3, 0.4) is 0 Å². The topological polar surface area (TPSA) is 35.0 Å². The van der Waals surface area contributed by atoms with Gasteiger partial charge in [0, 0.05) is 17.1 Å². The zero-order valence-corrected chi connectivity index (χ0v) is 12.6. The van der Waals surface area contributed by atoms with E-state index in [2.05, 4.69) is 25.9 Å². The molecule has 0 radical (unpaired) electrons. The van der Waals surface area contributed by atoms with Crippen LogP contribution in [0.5, 0.6) is 0 Å². The lowest BCUT2D eigenvalue weighted by Crippen LogP contribution is -1.98. The van der Waals surface area contributed by atoms with Gasteiger partial charge in [0.1, 0.15) is 5.15 Å². The predicted molar refractivity (Wildman–Crippen MR) is 75.9 cm³/mol. The molecule has 94 valence electrons. The maximum absolute atomic E-state index is 6.14. The minimum Gasteiger partial charge on any atom is -0.378 e. The van der Waals surface area contributed by atoms with Gasteiger partial charge in [-0.2, -0.15) is 0 Å². The van der Waals surface area contributed by atoms with Crippen LogP contribution in [0.2, 0.25) is 10.2 Å². The van der Waals surface area contributed by atoms with Crippen LogP contribution in [-0.2, 0) is 11.3 Å². The zero-order valence-electron chi connectivity index (χ0n) is 9.45. The van der Waals surface area contributed by atoms with Crippen LogP contribution in [-0.4, -0.2) is 17.1 Å². The predicted octanol–water partition coefficient (Wildman–Crippen LogP) is 4.36. The molecular weight excluding hydrogens is 339 g/mol. The Kier molecular flexibility index (Phi) is 4.56. The molecule has 2 aromatic rings. The molecule has 3 nitrogen and oxygen atoms in total. The smallest absolute Gasteiger partial charge is 0.162 e. The van der Waals surface area contributed by atoms with E-state index in [0.29, 0.717) is 28.3 Å². The molecule has 0 amide bonds. The van der Waals surface area contributed by atoms with E-state index in [9.17, 15) is 0 Å². The van der Waals surface area contributed by atoms with Gasteiger partial charge in [0.25, 0.3) is 0 Å². The van der Waals surface area contributed by atoms with E-state index in [4.69, 9.17) is 27.9 Å². The number of hydrogen-bond acceptors (Lipinski definition) is 3. The Morgan fingerprint density at radius 3 is 2.72 bits per heavy atom. The number of aromatic nitrogens is 2. The number of ether oxygens (including phenoxy) is 1. The highest BCUT2D eigenvalue weighted by molar-refractivity contribution is 9.10. The molecule has 2 rings (SSSR count). The average molecular weight is 348 g/mol. The van der Waals surface area contributed by atoms with E-state index >= 15 is 0 Å². The number of methoxy groups -OCH3 is 1. The van der Waals surface area contributed by atoms with Crippen molar-refractivity contribution in [3.8, 4) is 11.4 Å². The second kappa shape index (κ2) is 5.97. The summed E-state index contributed by atoms with van der Waals surface area (Å²) < 4.78 is 5.94. The monoisotopic (exact) mass is 346 g/mol. The van der Waals surface area contributed by atoms with Gasteiger partial charge in [-0.1, -0.05) is 39.1 Å². The van der Waals surface area contributed by atoms with Crippen molar-refractivity contribution in [2.45, 2.75) is 6.61 Å². The quantitative estimate of drug-likeness (QED) is 0.774. The number of hydrogen-bond donors (Lipinski definition) is 0. The number of benzene rings is 1. The van der Waals surface area contributed by atoms with Crippen LogP contribution < -0.4 is 0 Å². The van der Waals surface area contributed by atoms with E-state index < -0.39 is 0 Å². The second-order valence-electron chi connectivity index (χ2n) is 3.56. The average Bonchev–Trinajstić information content (AvgIpc) is 2.32. The highest BCUT2D eigenvalue weighted by Gasteiger charge is 2.10. The summed E-state index contributed by atoms with van der Waals surface area (Å²) in [5.74, 6) is 0.487. The Morgan fingerprint density at radius 1 is 1.22 bits per heavy atom. The Bertz CT molecular complexity index is 578. The highest BCUT2D eigenvalue weighted by atomic mass is 79.9. The van der Waals surface area contributed by atoms with Gasteiger partial charge in [0.15, 0.2) is 5.82 Å². The molecule has 0 fully saturated rings. The van der Waals surface area contributed by atoms with Crippen molar-refractivity contribution in [1.82, 2.24) is 9.97 Å². The molecule has 0 aliphatic rings. The number of nitrogens with zero attached hydrogens (tertiary/aromatic N) is 2. The maximum atomic E-state index is 6.14. The fraction of sp³-hybridized carbons (Fsp3) is 0.167. The zero-order chi connectivity index (χ0) is 13.1.